The lowest BCUT2D eigenvalue weighted by atomic mass is 10.1. The molecule has 0 radical (unpaired) electrons. The minimum Gasteiger partial charge on any atom is -0.478 e. The molecule has 1 aromatic carbocycles. The van der Waals surface area contributed by atoms with Crippen LogP contribution < -0.4 is 5.32 Å². The van der Waals surface area contributed by atoms with E-state index in [2.05, 4.69) is 5.32 Å². The van der Waals surface area contributed by atoms with Crippen molar-refractivity contribution in [3.05, 3.63) is 51.4 Å². The Labute approximate surface area is 121 Å². The zero-order valence-corrected chi connectivity index (χ0v) is 12.3. The van der Waals surface area contributed by atoms with E-state index >= 15 is 0 Å². The van der Waals surface area contributed by atoms with Crippen LogP contribution in [-0.4, -0.2) is 17.0 Å². The molecule has 5 heteroatoms. The third kappa shape index (κ3) is 2.88. The second-order valence-electron chi connectivity index (χ2n) is 4.66. The molecule has 0 spiro atoms. The van der Waals surface area contributed by atoms with Crippen LogP contribution >= 0.6 is 11.3 Å². The van der Waals surface area contributed by atoms with Crippen LogP contribution in [0.1, 0.15) is 36.7 Å². The molecule has 0 aliphatic rings. The fraction of sp³-hybridized carbons (Fsp3) is 0.200. The summed E-state index contributed by atoms with van der Waals surface area (Å²) < 4.78 is 0. The number of carbonyl (C=O) groups excluding carboxylic acids is 1. The maximum absolute atomic E-state index is 12.2. The van der Waals surface area contributed by atoms with Crippen molar-refractivity contribution in [1.82, 2.24) is 0 Å². The van der Waals surface area contributed by atoms with Crippen molar-refractivity contribution in [3.63, 3.8) is 0 Å². The molecule has 0 saturated heterocycles. The number of nitrogens with one attached hydrogen (secondary N) is 1. The summed E-state index contributed by atoms with van der Waals surface area (Å²) in [5.74, 6) is -1.33. The van der Waals surface area contributed by atoms with Crippen LogP contribution in [0.2, 0.25) is 0 Å². The van der Waals surface area contributed by atoms with Gasteiger partial charge in [0, 0.05) is 10.4 Å². The van der Waals surface area contributed by atoms with Gasteiger partial charge in [-0.25, -0.2) is 4.79 Å². The summed E-state index contributed by atoms with van der Waals surface area (Å²) in [6.45, 7) is 5.72. The first-order valence-corrected chi connectivity index (χ1v) is 6.92. The van der Waals surface area contributed by atoms with Gasteiger partial charge in [-0.15, -0.1) is 11.3 Å². The van der Waals surface area contributed by atoms with Crippen LogP contribution in [0.15, 0.2) is 24.3 Å². The Morgan fingerprint density at radius 3 is 2.40 bits per heavy atom. The molecule has 4 nitrogen and oxygen atoms in total. The van der Waals surface area contributed by atoms with E-state index in [9.17, 15) is 9.59 Å². The number of hydrogen-bond acceptors (Lipinski definition) is 3. The van der Waals surface area contributed by atoms with Crippen LogP contribution in [0.25, 0.3) is 0 Å². The number of carboxylic acids is 1. The molecule has 0 bridgehead atoms. The maximum Gasteiger partial charge on any atom is 0.338 e. The number of thiophene rings is 1. The summed E-state index contributed by atoms with van der Waals surface area (Å²) in [6, 6.07) is 6.97. The number of benzene rings is 1. The summed E-state index contributed by atoms with van der Waals surface area (Å²) in [7, 11) is 0. The number of anilines is 1. The molecule has 0 unspecified atom stereocenters. The Morgan fingerprint density at radius 1 is 1.10 bits per heavy atom. The molecule has 2 aromatic rings. The second-order valence-corrected chi connectivity index (χ2v) is 5.91. The highest BCUT2D eigenvalue weighted by molar-refractivity contribution is 7.16. The number of rotatable bonds is 3. The summed E-state index contributed by atoms with van der Waals surface area (Å²) >= 11 is 1.26. The van der Waals surface area contributed by atoms with Gasteiger partial charge in [-0.2, -0.15) is 0 Å². The molecule has 0 saturated carbocycles. The van der Waals surface area contributed by atoms with E-state index in [0.717, 1.165) is 16.0 Å². The Bertz CT molecular complexity index is 688. The normalized spacial score (nSPS) is 10.3. The fourth-order valence-electron chi connectivity index (χ4n) is 1.82. The molecule has 2 N–H and O–H groups in total. The SMILES string of the molecule is Cc1cc(C(=O)O)c(NC(=O)c2ccc(C)c(C)c2)s1. The van der Waals surface area contributed by atoms with E-state index in [1.165, 1.54) is 11.3 Å². The Morgan fingerprint density at radius 2 is 1.80 bits per heavy atom. The summed E-state index contributed by atoms with van der Waals surface area (Å²) in [5, 5.41) is 12.1. The highest BCUT2D eigenvalue weighted by Gasteiger charge is 2.16. The van der Waals surface area contributed by atoms with Gasteiger partial charge in [-0.3, -0.25) is 4.79 Å². The third-order valence-electron chi connectivity index (χ3n) is 3.08. The number of aryl methyl sites for hydroxylation is 3. The van der Waals surface area contributed by atoms with Gasteiger partial charge in [0.15, 0.2) is 0 Å². The Kier molecular flexibility index (Phi) is 3.90. The van der Waals surface area contributed by atoms with E-state index < -0.39 is 5.97 Å². The van der Waals surface area contributed by atoms with Gasteiger partial charge in [0.1, 0.15) is 5.00 Å². The lowest BCUT2D eigenvalue weighted by molar-refractivity contribution is 0.0698. The van der Waals surface area contributed by atoms with Crippen LogP contribution in [0, 0.1) is 20.8 Å². The summed E-state index contributed by atoms with van der Waals surface area (Å²) in [5.41, 5.74) is 2.79. The molecule has 0 aliphatic heterocycles. The van der Waals surface area contributed by atoms with E-state index in [1.807, 2.05) is 26.8 Å². The number of aromatic carboxylic acids is 1. The molecule has 2 rings (SSSR count). The fourth-order valence-corrected chi connectivity index (χ4v) is 2.72. The van der Waals surface area contributed by atoms with E-state index in [4.69, 9.17) is 5.11 Å². The van der Waals surface area contributed by atoms with Crippen molar-refractivity contribution in [2.24, 2.45) is 0 Å². The Balaban J connectivity index is 2.27. The molecule has 1 heterocycles. The second kappa shape index (κ2) is 5.46. The van der Waals surface area contributed by atoms with Gasteiger partial charge in [0.2, 0.25) is 0 Å². The van der Waals surface area contributed by atoms with Crippen LogP contribution in [-0.2, 0) is 0 Å². The van der Waals surface area contributed by atoms with Gasteiger partial charge < -0.3 is 10.4 Å². The van der Waals surface area contributed by atoms with Crippen molar-refractivity contribution in [2.45, 2.75) is 20.8 Å². The first kappa shape index (κ1) is 14.3. The average Bonchev–Trinajstić information content (AvgIpc) is 2.73. The highest BCUT2D eigenvalue weighted by Crippen LogP contribution is 2.28. The van der Waals surface area contributed by atoms with Gasteiger partial charge in [-0.1, -0.05) is 6.07 Å². The molecular weight excluding hydrogens is 274 g/mol. The maximum atomic E-state index is 12.2. The first-order chi connectivity index (χ1) is 9.38. The zero-order valence-electron chi connectivity index (χ0n) is 11.5. The number of carbonyl (C=O) groups is 2. The van der Waals surface area contributed by atoms with Crippen molar-refractivity contribution in [3.8, 4) is 0 Å². The molecule has 1 amide bonds. The summed E-state index contributed by atoms with van der Waals surface area (Å²) in [6.07, 6.45) is 0. The van der Waals surface area contributed by atoms with Crippen molar-refractivity contribution < 1.29 is 14.7 Å². The third-order valence-corrected chi connectivity index (χ3v) is 4.05. The standard InChI is InChI=1S/C15H15NO3S/c1-8-4-5-11(6-9(8)2)13(17)16-14-12(15(18)19)7-10(3)20-14/h4-7H,1-3H3,(H,16,17)(H,18,19). The predicted molar refractivity (Wildman–Crippen MR) is 79.9 cm³/mol. The summed E-state index contributed by atoms with van der Waals surface area (Å²) in [4.78, 5) is 24.1. The first-order valence-electron chi connectivity index (χ1n) is 6.11. The lowest BCUT2D eigenvalue weighted by Gasteiger charge is -2.06. The highest BCUT2D eigenvalue weighted by atomic mass is 32.1. The van der Waals surface area contributed by atoms with E-state index in [-0.39, 0.29) is 11.5 Å². The molecule has 0 aliphatic carbocycles. The minimum absolute atomic E-state index is 0.129. The van der Waals surface area contributed by atoms with Crippen molar-refractivity contribution >= 4 is 28.2 Å². The van der Waals surface area contributed by atoms with Gasteiger partial charge in [0.25, 0.3) is 5.91 Å². The monoisotopic (exact) mass is 289 g/mol. The topological polar surface area (TPSA) is 66.4 Å². The van der Waals surface area contributed by atoms with E-state index in [0.29, 0.717) is 10.6 Å². The largest absolute Gasteiger partial charge is 0.478 e. The molecule has 104 valence electrons. The number of amides is 1. The molecule has 1 aromatic heterocycles. The number of carboxylic acid groups (broad SMARTS) is 1. The van der Waals surface area contributed by atoms with Crippen molar-refractivity contribution in [1.29, 1.82) is 0 Å². The predicted octanol–water partition coefficient (Wildman–Crippen LogP) is 3.62. The van der Waals surface area contributed by atoms with Crippen LogP contribution in [0.5, 0.6) is 0 Å². The number of hydrogen-bond donors (Lipinski definition) is 2. The smallest absolute Gasteiger partial charge is 0.338 e. The quantitative estimate of drug-likeness (QED) is 0.906. The average molecular weight is 289 g/mol. The van der Waals surface area contributed by atoms with E-state index in [1.54, 1.807) is 18.2 Å². The van der Waals surface area contributed by atoms with Crippen LogP contribution in [0.4, 0.5) is 5.00 Å². The van der Waals surface area contributed by atoms with Gasteiger partial charge >= 0.3 is 5.97 Å². The van der Waals surface area contributed by atoms with Gasteiger partial charge in [-0.05, 0) is 50.1 Å². The zero-order chi connectivity index (χ0) is 14.9. The molecule has 0 fully saturated rings. The minimum atomic E-state index is -1.04. The van der Waals surface area contributed by atoms with Crippen LogP contribution in [0.3, 0.4) is 0 Å². The molecule has 20 heavy (non-hydrogen) atoms. The lowest BCUT2D eigenvalue weighted by Crippen LogP contribution is -2.13. The molecular formula is C15H15NO3S. The Hall–Kier alpha value is -2.14. The van der Waals surface area contributed by atoms with Crippen molar-refractivity contribution in [2.75, 3.05) is 5.32 Å². The molecule has 0 atom stereocenters. The van der Waals surface area contributed by atoms with Gasteiger partial charge in [0.05, 0.1) is 5.56 Å².